The first-order chi connectivity index (χ1) is 11.9. The molecule has 0 radical (unpaired) electrons. The molecule has 2 unspecified atom stereocenters. The van der Waals surface area contributed by atoms with Crippen LogP contribution in [0.5, 0.6) is 0 Å². The highest BCUT2D eigenvalue weighted by molar-refractivity contribution is 8.03. The van der Waals surface area contributed by atoms with Crippen molar-refractivity contribution in [3.05, 3.63) is 63.1 Å². The van der Waals surface area contributed by atoms with E-state index in [-0.39, 0.29) is 27.3 Å². The van der Waals surface area contributed by atoms with Gasteiger partial charge >= 0.3 is 0 Å². The minimum absolute atomic E-state index is 0.0234. The SMILES string of the molecule is CNC1=C(c2c(F)c(F)c(F)c(C)c2Cl)C(=O)C(C2C=CC=CS2)O1. The maximum absolute atomic E-state index is 14.4. The number of hydrogen-bond acceptors (Lipinski definition) is 4. The number of halogens is 4. The fourth-order valence-electron chi connectivity index (χ4n) is 2.67. The highest BCUT2D eigenvalue weighted by Crippen LogP contribution is 2.41. The molecule has 0 aliphatic carbocycles. The number of thioether (sulfide) groups is 1. The van der Waals surface area contributed by atoms with Crippen LogP contribution in [-0.4, -0.2) is 24.2 Å². The number of allylic oxidation sites excluding steroid dienone is 2. The third-order valence-electron chi connectivity index (χ3n) is 3.96. The summed E-state index contributed by atoms with van der Waals surface area (Å²) in [6.07, 6.45) is 4.43. The van der Waals surface area contributed by atoms with E-state index < -0.39 is 34.9 Å². The average Bonchev–Trinajstić information content (AvgIpc) is 2.96. The summed E-state index contributed by atoms with van der Waals surface area (Å²) < 4.78 is 47.6. The van der Waals surface area contributed by atoms with Crippen LogP contribution in [0.3, 0.4) is 0 Å². The number of hydrogen-bond donors (Lipinski definition) is 1. The number of ether oxygens (including phenoxy) is 1. The lowest BCUT2D eigenvalue weighted by Gasteiger charge is -2.19. The summed E-state index contributed by atoms with van der Waals surface area (Å²) in [7, 11) is 1.48. The normalized spacial score (nSPS) is 22.6. The minimum Gasteiger partial charge on any atom is -0.465 e. The lowest BCUT2D eigenvalue weighted by Crippen LogP contribution is -2.30. The first-order valence-corrected chi connectivity index (χ1v) is 8.65. The number of carbonyl (C=O) groups is 1. The Hall–Kier alpha value is -1.86. The molecule has 0 saturated heterocycles. The van der Waals surface area contributed by atoms with Crippen LogP contribution in [0.2, 0.25) is 5.02 Å². The number of benzene rings is 1. The molecule has 2 aliphatic rings. The van der Waals surface area contributed by atoms with E-state index in [1.54, 1.807) is 17.6 Å². The third-order valence-corrected chi connectivity index (χ3v) is 5.47. The molecule has 8 heteroatoms. The van der Waals surface area contributed by atoms with Gasteiger partial charge in [0.05, 0.1) is 15.8 Å². The van der Waals surface area contributed by atoms with Gasteiger partial charge in [0, 0.05) is 18.2 Å². The van der Waals surface area contributed by atoms with Crippen LogP contribution >= 0.6 is 23.4 Å². The summed E-state index contributed by atoms with van der Waals surface area (Å²) in [6.45, 7) is 1.21. The fraction of sp³-hybridized carbons (Fsp3) is 0.235. The Morgan fingerprint density at radius 1 is 1.20 bits per heavy atom. The van der Waals surface area contributed by atoms with Crippen molar-refractivity contribution in [1.29, 1.82) is 0 Å². The van der Waals surface area contributed by atoms with Gasteiger partial charge in [0.2, 0.25) is 5.78 Å². The van der Waals surface area contributed by atoms with Gasteiger partial charge in [0.1, 0.15) is 0 Å². The van der Waals surface area contributed by atoms with Gasteiger partial charge in [-0.3, -0.25) is 4.79 Å². The van der Waals surface area contributed by atoms with Gasteiger partial charge < -0.3 is 10.1 Å². The van der Waals surface area contributed by atoms with Gasteiger partial charge in [0.15, 0.2) is 29.4 Å². The average molecular weight is 388 g/mol. The van der Waals surface area contributed by atoms with Gasteiger partial charge in [0.25, 0.3) is 0 Å². The standard InChI is InChI=1S/C17H13ClF3NO2S/c1-7-11(18)9(13(20)14(21)12(7)19)10-15(23)16(24-17(10)22-2)8-5-3-4-6-25-8/h3-6,8,16,22H,1-2H3. The van der Waals surface area contributed by atoms with Crippen LogP contribution in [0, 0.1) is 24.4 Å². The van der Waals surface area contributed by atoms with Crippen LogP contribution in [0.4, 0.5) is 13.2 Å². The van der Waals surface area contributed by atoms with Crippen LogP contribution in [-0.2, 0) is 9.53 Å². The monoisotopic (exact) mass is 387 g/mol. The molecule has 0 aromatic heterocycles. The molecule has 0 amide bonds. The predicted octanol–water partition coefficient (Wildman–Crippen LogP) is 4.11. The smallest absolute Gasteiger partial charge is 0.210 e. The second-order valence-electron chi connectivity index (χ2n) is 5.43. The van der Waals surface area contributed by atoms with Gasteiger partial charge in [-0.1, -0.05) is 29.8 Å². The Morgan fingerprint density at radius 2 is 1.92 bits per heavy atom. The highest BCUT2D eigenvalue weighted by Gasteiger charge is 2.43. The summed E-state index contributed by atoms with van der Waals surface area (Å²) in [5.41, 5.74) is -0.986. The molecule has 0 fully saturated rings. The maximum atomic E-state index is 14.4. The lowest BCUT2D eigenvalue weighted by molar-refractivity contribution is -0.119. The van der Waals surface area contributed by atoms with Gasteiger partial charge in [-0.05, 0) is 12.3 Å². The number of Topliss-reactive ketones (excluding diaryl/α,β-unsaturated/α-hetero) is 1. The Morgan fingerprint density at radius 3 is 2.52 bits per heavy atom. The highest BCUT2D eigenvalue weighted by atomic mass is 35.5. The molecular formula is C17H13ClF3NO2S. The number of nitrogens with one attached hydrogen (secondary N) is 1. The van der Waals surface area contributed by atoms with Gasteiger partial charge in [-0.25, -0.2) is 13.2 Å². The largest absolute Gasteiger partial charge is 0.465 e. The Bertz CT molecular complexity index is 822. The van der Waals surface area contributed by atoms with Crippen molar-refractivity contribution in [1.82, 2.24) is 5.32 Å². The zero-order valence-electron chi connectivity index (χ0n) is 13.2. The van der Waals surface area contributed by atoms with E-state index in [2.05, 4.69) is 5.32 Å². The van der Waals surface area contributed by atoms with E-state index >= 15 is 0 Å². The van der Waals surface area contributed by atoms with Crippen molar-refractivity contribution in [2.24, 2.45) is 0 Å². The second kappa shape index (κ2) is 6.80. The third kappa shape index (κ3) is 2.85. The molecule has 1 aromatic carbocycles. The molecule has 25 heavy (non-hydrogen) atoms. The first-order valence-electron chi connectivity index (χ1n) is 7.33. The molecule has 0 bridgehead atoms. The minimum atomic E-state index is -1.68. The predicted molar refractivity (Wildman–Crippen MR) is 91.6 cm³/mol. The number of rotatable bonds is 3. The van der Waals surface area contributed by atoms with E-state index in [1.807, 2.05) is 6.08 Å². The van der Waals surface area contributed by atoms with Crippen molar-refractivity contribution >= 4 is 34.7 Å². The zero-order valence-corrected chi connectivity index (χ0v) is 14.8. The second-order valence-corrected chi connectivity index (χ2v) is 6.89. The summed E-state index contributed by atoms with van der Waals surface area (Å²) in [6, 6.07) is 0. The fourth-order valence-corrected chi connectivity index (χ4v) is 3.80. The van der Waals surface area contributed by atoms with E-state index in [0.29, 0.717) is 0 Å². The van der Waals surface area contributed by atoms with Crippen molar-refractivity contribution in [2.75, 3.05) is 7.05 Å². The van der Waals surface area contributed by atoms with Gasteiger partial charge in [-0.2, -0.15) is 0 Å². The molecule has 0 spiro atoms. The summed E-state index contributed by atoms with van der Waals surface area (Å²) >= 11 is 7.39. The molecule has 0 saturated carbocycles. The molecule has 1 N–H and O–H groups in total. The maximum Gasteiger partial charge on any atom is 0.210 e. The Kier molecular flexibility index (Phi) is 4.88. The van der Waals surface area contributed by atoms with E-state index in [9.17, 15) is 18.0 Å². The first kappa shape index (κ1) is 17.9. The van der Waals surface area contributed by atoms with Crippen molar-refractivity contribution < 1.29 is 22.7 Å². The van der Waals surface area contributed by atoms with Crippen LogP contribution < -0.4 is 5.32 Å². The molecule has 2 atom stereocenters. The van der Waals surface area contributed by atoms with Crippen molar-refractivity contribution in [2.45, 2.75) is 18.3 Å². The van der Waals surface area contributed by atoms with Crippen LogP contribution in [0.25, 0.3) is 5.57 Å². The summed E-state index contributed by atoms with van der Waals surface area (Å²) in [4.78, 5) is 12.9. The van der Waals surface area contributed by atoms with Crippen LogP contribution in [0.1, 0.15) is 11.1 Å². The Labute approximate surface area is 151 Å². The van der Waals surface area contributed by atoms with Crippen molar-refractivity contribution in [3.63, 3.8) is 0 Å². The lowest BCUT2D eigenvalue weighted by atomic mass is 9.96. The van der Waals surface area contributed by atoms with Gasteiger partial charge in [-0.15, -0.1) is 11.8 Å². The molecular weight excluding hydrogens is 375 g/mol. The summed E-state index contributed by atoms with van der Waals surface area (Å²) in [5.74, 6) is -5.14. The molecule has 2 heterocycles. The van der Waals surface area contributed by atoms with E-state index in [1.165, 1.54) is 25.7 Å². The molecule has 2 aliphatic heterocycles. The van der Waals surface area contributed by atoms with E-state index in [4.69, 9.17) is 16.3 Å². The molecule has 132 valence electrons. The summed E-state index contributed by atoms with van der Waals surface area (Å²) in [5, 5.41) is 3.78. The molecule has 3 nitrogen and oxygen atoms in total. The van der Waals surface area contributed by atoms with E-state index in [0.717, 1.165) is 0 Å². The topological polar surface area (TPSA) is 38.3 Å². The van der Waals surface area contributed by atoms with Crippen LogP contribution in [0.15, 0.2) is 29.5 Å². The van der Waals surface area contributed by atoms with Crippen molar-refractivity contribution in [3.8, 4) is 0 Å². The number of carbonyl (C=O) groups excluding carboxylic acids is 1. The quantitative estimate of drug-likeness (QED) is 0.626. The zero-order chi connectivity index (χ0) is 18.3. The molecule has 3 rings (SSSR count). The number of ketones is 1. The Balaban J connectivity index is 2.11. The molecule has 1 aromatic rings.